The Morgan fingerprint density at radius 2 is 1.77 bits per heavy atom. The van der Waals surface area contributed by atoms with Crippen LogP contribution in [0.4, 0.5) is 5.69 Å². The molecular formula is C17H17ClN2O2. The van der Waals surface area contributed by atoms with Gasteiger partial charge in [-0.25, -0.2) is 0 Å². The van der Waals surface area contributed by atoms with E-state index >= 15 is 0 Å². The van der Waals surface area contributed by atoms with Gasteiger partial charge < -0.3 is 15.4 Å². The predicted octanol–water partition coefficient (Wildman–Crippen LogP) is 3.15. The molecular weight excluding hydrogens is 300 g/mol. The normalized spacial score (nSPS) is 20.7. The maximum absolute atomic E-state index is 12.2. The fraction of sp³-hybridized carbons (Fsp3) is 0.235. The second-order valence-corrected chi connectivity index (χ2v) is 5.59. The summed E-state index contributed by atoms with van der Waals surface area (Å²) in [7, 11) is 0. The fourth-order valence-electron chi connectivity index (χ4n) is 2.69. The van der Waals surface area contributed by atoms with Crippen LogP contribution in [0.15, 0.2) is 48.5 Å². The van der Waals surface area contributed by atoms with Crippen molar-refractivity contribution >= 4 is 23.2 Å². The molecule has 2 N–H and O–H groups in total. The second kappa shape index (κ2) is 5.99. The SMILES string of the molecule is CCOc1ccc(N2C(=O)C(N)C2c2ccc(Cl)cc2)cc1. The van der Waals surface area contributed by atoms with E-state index in [0.29, 0.717) is 11.6 Å². The fourth-order valence-corrected chi connectivity index (χ4v) is 2.81. The van der Waals surface area contributed by atoms with Crippen LogP contribution in [0.3, 0.4) is 0 Å². The number of halogens is 1. The van der Waals surface area contributed by atoms with Gasteiger partial charge in [-0.3, -0.25) is 4.79 Å². The molecule has 0 spiro atoms. The lowest BCUT2D eigenvalue weighted by Gasteiger charge is -2.45. The molecule has 0 aliphatic carbocycles. The number of hydrogen-bond acceptors (Lipinski definition) is 3. The van der Waals surface area contributed by atoms with E-state index < -0.39 is 6.04 Å². The molecule has 0 bridgehead atoms. The molecule has 2 unspecified atom stereocenters. The van der Waals surface area contributed by atoms with Gasteiger partial charge in [-0.15, -0.1) is 0 Å². The smallest absolute Gasteiger partial charge is 0.247 e. The summed E-state index contributed by atoms with van der Waals surface area (Å²) in [5.41, 5.74) is 7.78. The highest BCUT2D eigenvalue weighted by Gasteiger charge is 2.46. The third-order valence-corrected chi connectivity index (χ3v) is 4.03. The first-order chi connectivity index (χ1) is 10.6. The third-order valence-electron chi connectivity index (χ3n) is 3.78. The lowest BCUT2D eigenvalue weighted by Crippen LogP contribution is -2.63. The zero-order valence-corrected chi connectivity index (χ0v) is 13.0. The minimum atomic E-state index is -0.521. The summed E-state index contributed by atoms with van der Waals surface area (Å²) in [5, 5.41) is 0.663. The quantitative estimate of drug-likeness (QED) is 0.882. The molecule has 1 aliphatic rings. The van der Waals surface area contributed by atoms with E-state index in [2.05, 4.69) is 0 Å². The molecule has 1 fully saturated rings. The summed E-state index contributed by atoms with van der Waals surface area (Å²) in [5.74, 6) is 0.704. The van der Waals surface area contributed by atoms with E-state index in [1.807, 2.05) is 55.5 Å². The Morgan fingerprint density at radius 1 is 1.14 bits per heavy atom. The largest absolute Gasteiger partial charge is 0.494 e. The van der Waals surface area contributed by atoms with E-state index in [0.717, 1.165) is 17.0 Å². The Labute approximate surface area is 134 Å². The number of carbonyl (C=O) groups is 1. The highest BCUT2D eigenvalue weighted by atomic mass is 35.5. The van der Waals surface area contributed by atoms with Crippen LogP contribution in [-0.4, -0.2) is 18.6 Å². The van der Waals surface area contributed by atoms with Gasteiger partial charge in [0, 0.05) is 10.7 Å². The van der Waals surface area contributed by atoms with E-state index in [4.69, 9.17) is 22.1 Å². The maximum Gasteiger partial charge on any atom is 0.247 e. The van der Waals surface area contributed by atoms with E-state index in [-0.39, 0.29) is 11.9 Å². The van der Waals surface area contributed by atoms with Gasteiger partial charge in [0.05, 0.1) is 12.6 Å². The number of carbonyl (C=O) groups excluding carboxylic acids is 1. The van der Waals surface area contributed by atoms with Crippen LogP contribution in [0.25, 0.3) is 0 Å². The van der Waals surface area contributed by atoms with E-state index in [1.54, 1.807) is 4.90 Å². The first-order valence-electron chi connectivity index (χ1n) is 7.19. The number of anilines is 1. The number of nitrogens with two attached hydrogens (primary N) is 1. The van der Waals surface area contributed by atoms with Gasteiger partial charge in [-0.2, -0.15) is 0 Å². The lowest BCUT2D eigenvalue weighted by atomic mass is 9.88. The zero-order valence-electron chi connectivity index (χ0n) is 12.2. The zero-order chi connectivity index (χ0) is 15.7. The Kier molecular flexibility index (Phi) is 4.05. The van der Waals surface area contributed by atoms with Crippen molar-refractivity contribution in [2.45, 2.75) is 19.0 Å². The first kappa shape index (κ1) is 14.9. The monoisotopic (exact) mass is 316 g/mol. The highest BCUT2D eigenvalue weighted by Crippen LogP contribution is 2.38. The molecule has 0 saturated carbocycles. The molecule has 1 heterocycles. The minimum absolute atomic E-state index is 0.0795. The molecule has 2 aromatic rings. The first-order valence-corrected chi connectivity index (χ1v) is 7.56. The third kappa shape index (κ3) is 2.56. The number of nitrogens with zero attached hydrogens (tertiary/aromatic N) is 1. The number of amides is 1. The van der Waals surface area contributed by atoms with Gasteiger partial charge in [-0.1, -0.05) is 23.7 Å². The molecule has 1 amide bonds. The van der Waals surface area contributed by atoms with Crippen molar-refractivity contribution in [2.24, 2.45) is 5.73 Å². The maximum atomic E-state index is 12.2. The summed E-state index contributed by atoms with van der Waals surface area (Å²) < 4.78 is 5.42. The van der Waals surface area contributed by atoms with Crippen molar-refractivity contribution in [2.75, 3.05) is 11.5 Å². The van der Waals surface area contributed by atoms with Gasteiger partial charge in [0.1, 0.15) is 11.8 Å². The Bertz CT molecular complexity index is 670. The standard InChI is InChI=1S/C17H17ClN2O2/c1-2-22-14-9-7-13(8-10-14)20-16(15(19)17(20)21)11-3-5-12(18)6-4-11/h3-10,15-16H,2,19H2,1H3. The Morgan fingerprint density at radius 3 is 2.36 bits per heavy atom. The summed E-state index contributed by atoms with van der Waals surface area (Å²) in [4.78, 5) is 13.9. The van der Waals surface area contributed by atoms with Crippen LogP contribution in [0, 0.1) is 0 Å². The second-order valence-electron chi connectivity index (χ2n) is 5.16. The summed E-state index contributed by atoms with van der Waals surface area (Å²) in [6.45, 7) is 2.54. The van der Waals surface area contributed by atoms with Crippen molar-refractivity contribution < 1.29 is 9.53 Å². The highest BCUT2D eigenvalue weighted by molar-refractivity contribution is 6.30. The molecule has 2 aromatic carbocycles. The van der Waals surface area contributed by atoms with Crippen LogP contribution in [0.1, 0.15) is 18.5 Å². The molecule has 0 radical (unpaired) electrons. The average Bonchev–Trinajstić information content (AvgIpc) is 2.54. The lowest BCUT2D eigenvalue weighted by molar-refractivity contribution is -0.126. The van der Waals surface area contributed by atoms with Gasteiger partial charge in [-0.05, 0) is 48.9 Å². The van der Waals surface area contributed by atoms with Crippen molar-refractivity contribution in [3.63, 3.8) is 0 Å². The van der Waals surface area contributed by atoms with E-state index in [9.17, 15) is 4.79 Å². The van der Waals surface area contributed by atoms with Gasteiger partial charge in [0.25, 0.3) is 0 Å². The van der Waals surface area contributed by atoms with Crippen molar-refractivity contribution in [1.82, 2.24) is 0 Å². The molecule has 1 aliphatic heterocycles. The van der Waals surface area contributed by atoms with Crippen LogP contribution < -0.4 is 15.4 Å². The number of β-lactam (4-membered cyclic amide) rings is 1. The molecule has 4 nitrogen and oxygen atoms in total. The van der Waals surface area contributed by atoms with Gasteiger partial charge in [0.2, 0.25) is 5.91 Å². The number of ether oxygens (including phenoxy) is 1. The molecule has 114 valence electrons. The number of hydrogen-bond donors (Lipinski definition) is 1. The molecule has 2 atom stereocenters. The van der Waals surface area contributed by atoms with Crippen molar-refractivity contribution in [3.05, 3.63) is 59.1 Å². The molecule has 1 saturated heterocycles. The van der Waals surface area contributed by atoms with Gasteiger partial charge >= 0.3 is 0 Å². The number of benzene rings is 2. The predicted molar refractivity (Wildman–Crippen MR) is 87.3 cm³/mol. The Balaban J connectivity index is 1.87. The molecule has 3 rings (SSSR count). The summed E-state index contributed by atoms with van der Waals surface area (Å²) in [6.07, 6.45) is 0. The van der Waals surface area contributed by atoms with Gasteiger partial charge in [0.15, 0.2) is 0 Å². The van der Waals surface area contributed by atoms with Crippen LogP contribution in [-0.2, 0) is 4.79 Å². The average molecular weight is 317 g/mol. The number of rotatable bonds is 4. The molecule has 22 heavy (non-hydrogen) atoms. The topological polar surface area (TPSA) is 55.6 Å². The van der Waals surface area contributed by atoms with Crippen LogP contribution >= 0.6 is 11.6 Å². The Hall–Kier alpha value is -2.04. The minimum Gasteiger partial charge on any atom is -0.494 e. The summed E-state index contributed by atoms with van der Waals surface area (Å²) >= 11 is 5.92. The molecule has 5 heteroatoms. The van der Waals surface area contributed by atoms with Crippen LogP contribution in [0.5, 0.6) is 5.75 Å². The summed E-state index contributed by atoms with van der Waals surface area (Å²) in [6, 6.07) is 14.2. The van der Waals surface area contributed by atoms with Crippen molar-refractivity contribution in [3.8, 4) is 5.75 Å². The van der Waals surface area contributed by atoms with E-state index in [1.165, 1.54) is 0 Å². The molecule has 0 aromatic heterocycles. The van der Waals surface area contributed by atoms with Crippen LogP contribution in [0.2, 0.25) is 5.02 Å². The van der Waals surface area contributed by atoms with Crippen molar-refractivity contribution in [1.29, 1.82) is 0 Å².